The highest BCUT2D eigenvalue weighted by Gasteiger charge is 2.30. The monoisotopic (exact) mass is 432 g/mol. The van der Waals surface area contributed by atoms with Gasteiger partial charge in [0.25, 0.3) is 0 Å². The van der Waals surface area contributed by atoms with E-state index in [1.807, 2.05) is 0 Å². The molecule has 0 saturated heterocycles. The maximum atomic E-state index is 6.75. The van der Waals surface area contributed by atoms with Gasteiger partial charge < -0.3 is 4.42 Å². The number of para-hydroxylation sites is 1. The largest absolute Gasteiger partial charge is 0.454 e. The maximum absolute atomic E-state index is 6.75. The van der Waals surface area contributed by atoms with Crippen molar-refractivity contribution < 1.29 is 8.98 Å². The Balaban J connectivity index is 1.62. The first-order valence-electron chi connectivity index (χ1n) is 11.8. The molecule has 0 spiro atoms. The molecule has 0 amide bonds. The average molecular weight is 433 g/mol. The molecule has 0 unspecified atom stereocenters. The molecular weight excluding hydrogens is 402 g/mol. The summed E-state index contributed by atoms with van der Waals surface area (Å²) in [5.74, 6) is 0. The number of hydrogen-bond donors (Lipinski definition) is 0. The first-order valence-corrected chi connectivity index (χ1v) is 11.8. The van der Waals surface area contributed by atoms with Crippen LogP contribution in [0.25, 0.3) is 44.3 Å². The van der Waals surface area contributed by atoms with E-state index in [-0.39, 0.29) is 0 Å². The van der Waals surface area contributed by atoms with E-state index in [0.717, 1.165) is 23.3 Å². The molecule has 3 aromatic carbocycles. The smallest absolute Gasteiger partial charge is 0.216 e. The SMILES string of the molecule is Cc1cc(-c2cccc3c2oc2c(-c4cccc[n+]4C)c(C)ccc23)cc2c1CC(C)(C)C2. The van der Waals surface area contributed by atoms with Crippen molar-refractivity contribution in [2.75, 3.05) is 0 Å². The number of rotatable bonds is 2. The number of fused-ring (bicyclic) bond motifs is 4. The molecule has 164 valence electrons. The topological polar surface area (TPSA) is 17.0 Å². The Kier molecular flexibility index (Phi) is 4.32. The number of hydrogen-bond acceptors (Lipinski definition) is 1. The van der Waals surface area contributed by atoms with Crippen LogP contribution in [0.3, 0.4) is 0 Å². The van der Waals surface area contributed by atoms with Crippen molar-refractivity contribution in [2.45, 2.75) is 40.5 Å². The van der Waals surface area contributed by atoms with E-state index >= 15 is 0 Å². The van der Waals surface area contributed by atoms with Crippen LogP contribution in [-0.4, -0.2) is 0 Å². The van der Waals surface area contributed by atoms with Gasteiger partial charge in [0.05, 0.1) is 5.56 Å². The molecule has 5 aromatic rings. The van der Waals surface area contributed by atoms with Gasteiger partial charge >= 0.3 is 0 Å². The van der Waals surface area contributed by atoms with E-state index in [4.69, 9.17) is 4.42 Å². The fourth-order valence-corrected chi connectivity index (χ4v) is 5.80. The van der Waals surface area contributed by atoms with Gasteiger partial charge in [0.2, 0.25) is 5.69 Å². The average Bonchev–Trinajstić information content (AvgIpc) is 3.30. The first kappa shape index (κ1) is 20.2. The van der Waals surface area contributed by atoms with Crippen molar-refractivity contribution >= 4 is 21.9 Å². The van der Waals surface area contributed by atoms with Crippen LogP contribution in [-0.2, 0) is 19.9 Å². The highest BCUT2D eigenvalue weighted by Crippen LogP contribution is 2.43. The molecule has 1 aliphatic rings. The summed E-state index contributed by atoms with van der Waals surface area (Å²) in [5.41, 5.74) is 12.7. The molecule has 2 nitrogen and oxygen atoms in total. The van der Waals surface area contributed by atoms with Gasteiger partial charge in [0.1, 0.15) is 18.2 Å². The number of furan rings is 1. The number of aromatic nitrogens is 1. The summed E-state index contributed by atoms with van der Waals surface area (Å²) >= 11 is 0. The molecule has 6 rings (SSSR count). The Morgan fingerprint density at radius 2 is 1.64 bits per heavy atom. The summed E-state index contributed by atoms with van der Waals surface area (Å²) in [6.07, 6.45) is 4.40. The fraction of sp³-hybridized carbons (Fsp3) is 0.258. The quantitative estimate of drug-likeness (QED) is 0.264. The molecule has 0 fully saturated rings. The Morgan fingerprint density at radius 1 is 0.818 bits per heavy atom. The first-order chi connectivity index (χ1) is 15.8. The second-order valence-corrected chi connectivity index (χ2v) is 10.6. The lowest BCUT2D eigenvalue weighted by Gasteiger charge is -2.15. The van der Waals surface area contributed by atoms with Crippen molar-refractivity contribution in [3.05, 3.63) is 89.1 Å². The molecule has 0 N–H and O–H groups in total. The number of aryl methyl sites for hydroxylation is 3. The molecule has 0 bridgehead atoms. The van der Waals surface area contributed by atoms with Gasteiger partial charge in [-0.15, -0.1) is 0 Å². The predicted molar refractivity (Wildman–Crippen MR) is 136 cm³/mol. The third-order valence-corrected chi connectivity index (χ3v) is 7.39. The van der Waals surface area contributed by atoms with E-state index in [1.54, 1.807) is 0 Å². The molecule has 0 atom stereocenters. The summed E-state index contributed by atoms with van der Waals surface area (Å²) in [6, 6.07) is 22.1. The Bertz CT molecular complexity index is 1570. The van der Waals surface area contributed by atoms with Crippen LogP contribution in [0.2, 0.25) is 0 Å². The number of nitrogens with zero attached hydrogens (tertiary/aromatic N) is 1. The van der Waals surface area contributed by atoms with Gasteiger partial charge in [0.15, 0.2) is 6.20 Å². The minimum atomic E-state index is 0.342. The van der Waals surface area contributed by atoms with Crippen LogP contribution in [0.5, 0.6) is 0 Å². The van der Waals surface area contributed by atoms with E-state index in [0.29, 0.717) is 5.41 Å². The molecular formula is C31H30NO+. The van der Waals surface area contributed by atoms with E-state index in [1.165, 1.54) is 56.1 Å². The molecule has 0 radical (unpaired) electrons. The van der Waals surface area contributed by atoms with Gasteiger partial charge in [-0.2, -0.15) is 0 Å². The lowest BCUT2D eigenvalue weighted by atomic mass is 9.90. The lowest BCUT2D eigenvalue weighted by Crippen LogP contribution is -2.30. The van der Waals surface area contributed by atoms with Crippen LogP contribution in [0.4, 0.5) is 0 Å². The van der Waals surface area contributed by atoms with Crippen molar-refractivity contribution in [1.29, 1.82) is 0 Å². The molecule has 1 aliphatic carbocycles. The van der Waals surface area contributed by atoms with Crippen molar-refractivity contribution in [3.8, 4) is 22.4 Å². The van der Waals surface area contributed by atoms with Gasteiger partial charge in [-0.25, -0.2) is 4.57 Å². The highest BCUT2D eigenvalue weighted by molar-refractivity contribution is 6.13. The minimum absolute atomic E-state index is 0.342. The maximum Gasteiger partial charge on any atom is 0.216 e. The summed E-state index contributed by atoms with van der Waals surface area (Å²) in [4.78, 5) is 0. The summed E-state index contributed by atoms with van der Waals surface area (Å²) in [7, 11) is 2.09. The van der Waals surface area contributed by atoms with Gasteiger partial charge in [-0.05, 0) is 66.0 Å². The van der Waals surface area contributed by atoms with Gasteiger partial charge in [-0.3, -0.25) is 0 Å². The zero-order chi connectivity index (χ0) is 22.9. The van der Waals surface area contributed by atoms with Crippen molar-refractivity contribution in [3.63, 3.8) is 0 Å². The fourth-order valence-electron chi connectivity index (χ4n) is 5.80. The van der Waals surface area contributed by atoms with Crippen LogP contribution in [0.1, 0.15) is 36.1 Å². The van der Waals surface area contributed by atoms with Crippen LogP contribution >= 0.6 is 0 Å². The molecule has 0 aliphatic heterocycles. The number of benzene rings is 3. The number of pyridine rings is 1. The second kappa shape index (κ2) is 7.05. The Hall–Kier alpha value is -3.39. The van der Waals surface area contributed by atoms with Crippen LogP contribution in [0.15, 0.2) is 71.3 Å². The summed E-state index contributed by atoms with van der Waals surface area (Å²) in [6.45, 7) is 9.18. The predicted octanol–water partition coefficient (Wildman–Crippen LogP) is 7.49. The third-order valence-electron chi connectivity index (χ3n) is 7.39. The molecule has 0 saturated carbocycles. The highest BCUT2D eigenvalue weighted by atomic mass is 16.3. The molecule has 2 aromatic heterocycles. The third kappa shape index (κ3) is 3.12. The minimum Gasteiger partial charge on any atom is -0.454 e. The van der Waals surface area contributed by atoms with Gasteiger partial charge in [-0.1, -0.05) is 56.3 Å². The zero-order valence-corrected chi connectivity index (χ0v) is 20.1. The van der Waals surface area contributed by atoms with Crippen molar-refractivity contribution in [2.24, 2.45) is 12.5 Å². The molecule has 2 heterocycles. The van der Waals surface area contributed by atoms with Crippen LogP contribution in [0, 0.1) is 19.3 Å². The molecule has 2 heteroatoms. The van der Waals surface area contributed by atoms with E-state index in [2.05, 4.69) is 106 Å². The normalized spacial score (nSPS) is 14.8. The second-order valence-electron chi connectivity index (χ2n) is 10.6. The lowest BCUT2D eigenvalue weighted by molar-refractivity contribution is -0.660. The Labute approximate surface area is 195 Å². The van der Waals surface area contributed by atoms with Crippen molar-refractivity contribution in [1.82, 2.24) is 0 Å². The summed E-state index contributed by atoms with van der Waals surface area (Å²) in [5, 5.41) is 2.36. The van der Waals surface area contributed by atoms with Gasteiger partial charge in [0, 0.05) is 28.5 Å². The standard InChI is InChI=1S/C31H30NO/c1-19-12-13-25-24-10-8-9-23(21-15-20(2)26-18-31(3,4)17-22(26)16-21)29(24)33-30(25)28(19)27-11-6-7-14-32(27)5/h6-16H,17-18H2,1-5H3/q+1. The van der Waals surface area contributed by atoms with E-state index in [9.17, 15) is 0 Å². The molecule has 33 heavy (non-hydrogen) atoms. The van der Waals surface area contributed by atoms with E-state index < -0.39 is 0 Å². The zero-order valence-electron chi connectivity index (χ0n) is 20.1. The Morgan fingerprint density at radius 3 is 2.45 bits per heavy atom. The summed E-state index contributed by atoms with van der Waals surface area (Å²) < 4.78 is 8.91. The van der Waals surface area contributed by atoms with Crippen LogP contribution < -0.4 is 4.57 Å².